The van der Waals surface area contributed by atoms with Gasteiger partial charge in [0, 0.05) is 47.7 Å². The number of ether oxygens (including phenoxy) is 2. The van der Waals surface area contributed by atoms with Crippen molar-refractivity contribution in [3.8, 4) is 28.3 Å². The Bertz CT molecular complexity index is 1220. The first-order valence-electron chi connectivity index (χ1n) is 11.2. The second-order valence-electron chi connectivity index (χ2n) is 7.89. The fourth-order valence-corrected chi connectivity index (χ4v) is 3.98. The van der Waals surface area contributed by atoms with Crippen LogP contribution in [0.15, 0.2) is 67.0 Å². The molecule has 1 aliphatic heterocycles. The molecular weight excluding hydrogens is 452 g/mol. The number of hydrogen-bond donors (Lipinski definition) is 2. The van der Waals surface area contributed by atoms with E-state index in [2.05, 4.69) is 30.4 Å². The molecule has 0 saturated carbocycles. The van der Waals surface area contributed by atoms with Gasteiger partial charge in [-0.1, -0.05) is 23.7 Å². The van der Waals surface area contributed by atoms with Crippen LogP contribution in [0.3, 0.4) is 0 Å². The number of aromatic nitrogens is 4. The third-order valence-corrected chi connectivity index (χ3v) is 5.81. The summed E-state index contributed by atoms with van der Waals surface area (Å²) in [6.45, 7) is 5.07. The quantitative estimate of drug-likeness (QED) is 0.383. The van der Waals surface area contributed by atoms with Gasteiger partial charge in [0.05, 0.1) is 30.8 Å². The predicted octanol–water partition coefficient (Wildman–Crippen LogP) is 4.64. The lowest BCUT2D eigenvalue weighted by Crippen LogP contribution is -2.38. The molecule has 174 valence electrons. The lowest BCUT2D eigenvalue weighted by molar-refractivity contribution is 0.0322. The average Bonchev–Trinajstić information content (AvgIpc) is 3.36. The van der Waals surface area contributed by atoms with Crippen molar-refractivity contribution in [1.82, 2.24) is 25.1 Å². The van der Waals surface area contributed by atoms with E-state index in [1.807, 2.05) is 54.6 Å². The van der Waals surface area contributed by atoms with Gasteiger partial charge in [-0.05, 0) is 42.5 Å². The van der Waals surface area contributed by atoms with E-state index in [1.54, 1.807) is 12.4 Å². The molecule has 1 fully saturated rings. The van der Waals surface area contributed by atoms with Crippen LogP contribution in [0, 0.1) is 0 Å². The standard InChI is InChI=1S/C25H25ClN6O2/c26-19-3-1-2-18(16-19)24-22(17-28-31-24)23-8-9-27-25(30-23)29-20-4-6-21(7-5-20)34-15-12-32-10-13-33-14-11-32/h1-9,16-17H,10-15H2,(H,28,31)(H,27,29,30). The van der Waals surface area contributed by atoms with E-state index in [9.17, 15) is 0 Å². The number of anilines is 2. The van der Waals surface area contributed by atoms with Gasteiger partial charge in [0.25, 0.3) is 0 Å². The number of aromatic amines is 1. The number of rotatable bonds is 8. The summed E-state index contributed by atoms with van der Waals surface area (Å²) >= 11 is 6.16. The number of halogens is 1. The van der Waals surface area contributed by atoms with Gasteiger partial charge in [0.15, 0.2) is 0 Å². The van der Waals surface area contributed by atoms with Crippen molar-refractivity contribution in [1.29, 1.82) is 0 Å². The molecule has 8 nitrogen and oxygen atoms in total. The van der Waals surface area contributed by atoms with Crippen molar-refractivity contribution in [3.63, 3.8) is 0 Å². The van der Waals surface area contributed by atoms with Crippen molar-refractivity contribution in [3.05, 3.63) is 72.0 Å². The summed E-state index contributed by atoms with van der Waals surface area (Å²) in [4.78, 5) is 11.4. The molecule has 0 unspecified atom stereocenters. The summed E-state index contributed by atoms with van der Waals surface area (Å²) in [6.07, 6.45) is 3.48. The molecular formula is C25H25ClN6O2. The van der Waals surface area contributed by atoms with Crippen LogP contribution >= 0.6 is 11.6 Å². The fraction of sp³-hybridized carbons (Fsp3) is 0.240. The third kappa shape index (κ3) is 5.53. The van der Waals surface area contributed by atoms with Gasteiger partial charge in [-0.2, -0.15) is 5.10 Å². The monoisotopic (exact) mass is 476 g/mol. The van der Waals surface area contributed by atoms with E-state index < -0.39 is 0 Å². The first kappa shape index (κ1) is 22.3. The Morgan fingerprint density at radius 3 is 2.76 bits per heavy atom. The summed E-state index contributed by atoms with van der Waals surface area (Å²) in [5, 5.41) is 11.2. The van der Waals surface area contributed by atoms with Gasteiger partial charge in [-0.15, -0.1) is 0 Å². The van der Waals surface area contributed by atoms with Gasteiger partial charge >= 0.3 is 0 Å². The Hall–Kier alpha value is -3.46. The Balaban J connectivity index is 1.23. The number of morpholine rings is 1. The van der Waals surface area contributed by atoms with Crippen molar-refractivity contribution in [2.75, 3.05) is 44.8 Å². The molecule has 2 aromatic heterocycles. The highest BCUT2D eigenvalue weighted by atomic mass is 35.5. The zero-order valence-corrected chi connectivity index (χ0v) is 19.3. The van der Waals surface area contributed by atoms with Crippen LogP contribution in [0.5, 0.6) is 5.75 Å². The molecule has 3 heterocycles. The number of hydrogen-bond acceptors (Lipinski definition) is 7. The predicted molar refractivity (Wildman–Crippen MR) is 133 cm³/mol. The maximum atomic E-state index is 6.16. The van der Waals surface area contributed by atoms with Crippen LogP contribution in [-0.2, 0) is 4.74 Å². The van der Waals surface area contributed by atoms with E-state index >= 15 is 0 Å². The number of benzene rings is 2. The van der Waals surface area contributed by atoms with Gasteiger partial charge in [0.1, 0.15) is 12.4 Å². The minimum atomic E-state index is 0.497. The van der Waals surface area contributed by atoms with Crippen molar-refractivity contribution in [2.24, 2.45) is 0 Å². The van der Waals surface area contributed by atoms with Crippen LogP contribution in [-0.4, -0.2) is 64.5 Å². The molecule has 9 heteroatoms. The average molecular weight is 477 g/mol. The van der Waals surface area contributed by atoms with Gasteiger partial charge in [-0.3, -0.25) is 10.00 Å². The molecule has 0 spiro atoms. The van der Waals surface area contributed by atoms with Crippen LogP contribution in [0.4, 0.5) is 11.6 Å². The molecule has 1 aliphatic rings. The molecule has 0 atom stereocenters. The van der Waals surface area contributed by atoms with Gasteiger partial charge in [-0.25, -0.2) is 9.97 Å². The SMILES string of the molecule is Clc1cccc(-c2[nH]ncc2-c2ccnc(Nc3ccc(OCCN4CCOCC4)cc3)n2)c1. The van der Waals surface area contributed by atoms with Crippen LogP contribution in [0.25, 0.3) is 22.5 Å². The Morgan fingerprint density at radius 1 is 1.09 bits per heavy atom. The second-order valence-corrected chi connectivity index (χ2v) is 8.32. The Morgan fingerprint density at radius 2 is 1.94 bits per heavy atom. The van der Waals surface area contributed by atoms with Crippen molar-refractivity contribution in [2.45, 2.75) is 0 Å². The lowest BCUT2D eigenvalue weighted by atomic mass is 10.1. The first-order chi connectivity index (χ1) is 16.7. The van der Waals surface area contributed by atoms with E-state index in [0.717, 1.165) is 66.8 Å². The molecule has 0 radical (unpaired) electrons. The Labute approximate surface area is 202 Å². The number of H-pyrrole nitrogens is 1. The lowest BCUT2D eigenvalue weighted by Gasteiger charge is -2.26. The molecule has 5 rings (SSSR count). The van der Waals surface area contributed by atoms with Gasteiger partial charge in [0.2, 0.25) is 5.95 Å². The van der Waals surface area contributed by atoms with Crippen LogP contribution in [0.1, 0.15) is 0 Å². The summed E-state index contributed by atoms with van der Waals surface area (Å²) in [6, 6.07) is 17.3. The van der Waals surface area contributed by atoms with Crippen LogP contribution < -0.4 is 10.1 Å². The maximum Gasteiger partial charge on any atom is 0.227 e. The van der Waals surface area contributed by atoms with E-state index in [1.165, 1.54) is 0 Å². The zero-order chi connectivity index (χ0) is 23.2. The van der Waals surface area contributed by atoms with Crippen LogP contribution in [0.2, 0.25) is 5.02 Å². The summed E-state index contributed by atoms with van der Waals surface area (Å²) < 4.78 is 11.3. The molecule has 4 aromatic rings. The zero-order valence-electron chi connectivity index (χ0n) is 18.6. The van der Waals surface area contributed by atoms with E-state index in [4.69, 9.17) is 21.1 Å². The largest absolute Gasteiger partial charge is 0.492 e. The Kier molecular flexibility index (Phi) is 6.99. The summed E-state index contributed by atoms with van der Waals surface area (Å²) in [7, 11) is 0. The normalized spacial score (nSPS) is 14.1. The third-order valence-electron chi connectivity index (χ3n) is 5.57. The minimum absolute atomic E-state index is 0.497. The van der Waals surface area contributed by atoms with Gasteiger partial charge < -0.3 is 14.8 Å². The molecule has 0 amide bonds. The first-order valence-corrected chi connectivity index (χ1v) is 11.6. The molecule has 0 aliphatic carbocycles. The van der Waals surface area contributed by atoms with E-state index in [0.29, 0.717) is 17.6 Å². The highest BCUT2D eigenvalue weighted by Crippen LogP contribution is 2.30. The molecule has 2 N–H and O–H groups in total. The van der Waals surface area contributed by atoms with Crippen molar-refractivity contribution < 1.29 is 9.47 Å². The smallest absolute Gasteiger partial charge is 0.227 e. The molecule has 1 saturated heterocycles. The number of nitrogens with zero attached hydrogens (tertiary/aromatic N) is 4. The highest BCUT2D eigenvalue weighted by Gasteiger charge is 2.13. The fourth-order valence-electron chi connectivity index (χ4n) is 3.79. The number of nitrogens with one attached hydrogen (secondary N) is 2. The summed E-state index contributed by atoms with van der Waals surface area (Å²) in [5.74, 6) is 1.33. The molecule has 2 aromatic carbocycles. The molecule has 0 bridgehead atoms. The second kappa shape index (κ2) is 10.6. The molecule has 34 heavy (non-hydrogen) atoms. The maximum absolute atomic E-state index is 6.16. The van der Waals surface area contributed by atoms with Crippen molar-refractivity contribution >= 4 is 23.2 Å². The minimum Gasteiger partial charge on any atom is -0.492 e. The highest BCUT2D eigenvalue weighted by molar-refractivity contribution is 6.30. The van der Waals surface area contributed by atoms with E-state index in [-0.39, 0.29) is 0 Å². The topological polar surface area (TPSA) is 88.2 Å². The summed E-state index contributed by atoms with van der Waals surface area (Å²) in [5.41, 5.74) is 4.30.